The molecule has 0 aliphatic carbocycles. The summed E-state index contributed by atoms with van der Waals surface area (Å²) in [6, 6.07) is 10.8. The summed E-state index contributed by atoms with van der Waals surface area (Å²) in [6.45, 7) is -0.915. The van der Waals surface area contributed by atoms with E-state index in [9.17, 15) is 16.8 Å². The summed E-state index contributed by atoms with van der Waals surface area (Å²) >= 11 is 0. The maximum absolute atomic E-state index is 11.9. The molecule has 0 spiro atoms. The Bertz CT molecular complexity index is 814. The van der Waals surface area contributed by atoms with E-state index in [1.165, 1.54) is 48.5 Å². The lowest BCUT2D eigenvalue weighted by Crippen LogP contribution is -2.15. The van der Waals surface area contributed by atoms with Gasteiger partial charge in [0.1, 0.15) is 0 Å². The zero-order chi connectivity index (χ0) is 17.8. The quantitative estimate of drug-likeness (QED) is 0.416. The minimum absolute atomic E-state index is 0.0851. The molecule has 0 unspecified atom stereocenters. The molecule has 2 aromatic rings. The van der Waals surface area contributed by atoms with Gasteiger partial charge in [0.2, 0.25) is 0 Å². The molecule has 0 bridgehead atoms. The van der Waals surface area contributed by atoms with Gasteiger partial charge in [0.25, 0.3) is 20.2 Å². The highest BCUT2D eigenvalue weighted by molar-refractivity contribution is 7.87. The topological polar surface area (TPSA) is 139 Å². The van der Waals surface area contributed by atoms with Crippen molar-refractivity contribution in [2.75, 3.05) is 24.7 Å². The van der Waals surface area contributed by atoms with Crippen LogP contribution < -0.4 is 11.5 Å². The summed E-state index contributed by atoms with van der Waals surface area (Å²) in [7, 11) is -8.02. The molecule has 8 nitrogen and oxygen atoms in total. The molecule has 0 amide bonds. The van der Waals surface area contributed by atoms with Gasteiger partial charge in [-0.2, -0.15) is 16.8 Å². The molecular weight excluding hydrogens is 356 g/mol. The standard InChI is InChI=1S/C14H16N2O6S2/c15-11-1-5-13(6-2-11)23(17,18)21-9-10-22-24(19,20)14-7-3-12(16)4-8-14/h1-8H,9-10,15-16H2. The average Bonchev–Trinajstić information content (AvgIpc) is 2.52. The van der Waals surface area contributed by atoms with Crippen LogP contribution in [0.25, 0.3) is 0 Å². The number of rotatable bonds is 7. The Morgan fingerprint density at radius 2 is 0.917 bits per heavy atom. The second-order valence-corrected chi connectivity index (χ2v) is 7.92. The molecule has 4 N–H and O–H groups in total. The molecule has 0 heterocycles. The molecule has 2 aromatic carbocycles. The first-order valence-corrected chi connectivity index (χ1v) is 9.52. The number of nitrogens with two attached hydrogens (primary N) is 2. The van der Waals surface area contributed by atoms with Gasteiger partial charge >= 0.3 is 0 Å². The summed E-state index contributed by atoms with van der Waals surface area (Å²) in [5.74, 6) is 0. The second-order valence-electron chi connectivity index (χ2n) is 4.69. The van der Waals surface area contributed by atoms with Crippen LogP contribution in [0.2, 0.25) is 0 Å². The van der Waals surface area contributed by atoms with Gasteiger partial charge in [0, 0.05) is 11.4 Å². The highest BCUT2D eigenvalue weighted by atomic mass is 32.2. The van der Waals surface area contributed by atoms with E-state index >= 15 is 0 Å². The molecule has 0 aliphatic rings. The summed E-state index contributed by atoms with van der Waals surface area (Å²) < 4.78 is 57.0. The third kappa shape index (κ3) is 4.68. The van der Waals surface area contributed by atoms with Crippen LogP contribution >= 0.6 is 0 Å². The molecule has 0 aromatic heterocycles. The molecule has 0 atom stereocenters. The first-order valence-electron chi connectivity index (χ1n) is 6.71. The van der Waals surface area contributed by atoms with Gasteiger partial charge in [0.15, 0.2) is 0 Å². The predicted octanol–water partition coefficient (Wildman–Crippen LogP) is 0.962. The summed E-state index contributed by atoms with van der Waals surface area (Å²) in [4.78, 5) is -0.170. The minimum Gasteiger partial charge on any atom is -0.399 e. The number of anilines is 2. The van der Waals surface area contributed by atoms with Gasteiger partial charge in [0.05, 0.1) is 23.0 Å². The summed E-state index contributed by atoms with van der Waals surface area (Å²) in [6.07, 6.45) is 0. The zero-order valence-corrected chi connectivity index (χ0v) is 14.1. The third-order valence-electron chi connectivity index (χ3n) is 2.90. The number of benzene rings is 2. The van der Waals surface area contributed by atoms with Crippen molar-refractivity contribution in [3.05, 3.63) is 48.5 Å². The zero-order valence-electron chi connectivity index (χ0n) is 12.5. The van der Waals surface area contributed by atoms with E-state index in [1.807, 2.05) is 0 Å². The first kappa shape index (κ1) is 18.2. The van der Waals surface area contributed by atoms with Crippen LogP contribution in [-0.2, 0) is 28.6 Å². The van der Waals surface area contributed by atoms with Crippen LogP contribution in [0.4, 0.5) is 11.4 Å². The Morgan fingerprint density at radius 3 is 1.21 bits per heavy atom. The Balaban J connectivity index is 1.92. The molecule has 2 rings (SSSR count). The molecule has 24 heavy (non-hydrogen) atoms. The monoisotopic (exact) mass is 372 g/mol. The van der Waals surface area contributed by atoms with Crippen LogP contribution in [0.1, 0.15) is 0 Å². The lowest BCUT2D eigenvalue weighted by molar-refractivity contribution is 0.224. The van der Waals surface area contributed by atoms with Gasteiger partial charge in [-0.25, -0.2) is 0 Å². The average molecular weight is 372 g/mol. The highest BCUT2D eigenvalue weighted by Crippen LogP contribution is 2.16. The van der Waals surface area contributed by atoms with Crippen molar-refractivity contribution < 1.29 is 25.2 Å². The van der Waals surface area contributed by atoms with E-state index in [4.69, 9.17) is 19.8 Å². The van der Waals surface area contributed by atoms with E-state index in [1.54, 1.807) is 0 Å². The van der Waals surface area contributed by atoms with E-state index < -0.39 is 33.5 Å². The van der Waals surface area contributed by atoms with Gasteiger partial charge in [-0.1, -0.05) is 0 Å². The fraction of sp³-hybridized carbons (Fsp3) is 0.143. The Labute approximate surface area is 140 Å². The van der Waals surface area contributed by atoms with Crippen LogP contribution in [0.3, 0.4) is 0 Å². The molecule has 0 radical (unpaired) electrons. The lowest BCUT2D eigenvalue weighted by Gasteiger charge is -2.07. The number of hydrogen-bond donors (Lipinski definition) is 2. The number of nitrogen functional groups attached to an aromatic ring is 2. The SMILES string of the molecule is Nc1ccc(S(=O)(=O)OCCOS(=O)(=O)c2ccc(N)cc2)cc1. The van der Waals surface area contributed by atoms with Crippen LogP contribution in [-0.4, -0.2) is 30.0 Å². The van der Waals surface area contributed by atoms with E-state index in [0.717, 1.165) is 0 Å². The van der Waals surface area contributed by atoms with Crippen molar-refractivity contribution in [1.82, 2.24) is 0 Å². The van der Waals surface area contributed by atoms with Crippen molar-refractivity contribution in [2.24, 2.45) is 0 Å². The van der Waals surface area contributed by atoms with Crippen molar-refractivity contribution in [3.8, 4) is 0 Å². The fourth-order valence-corrected chi connectivity index (χ4v) is 3.48. The van der Waals surface area contributed by atoms with E-state index in [2.05, 4.69) is 0 Å². The van der Waals surface area contributed by atoms with Crippen LogP contribution in [0.15, 0.2) is 58.3 Å². The van der Waals surface area contributed by atoms with Crippen molar-refractivity contribution in [1.29, 1.82) is 0 Å². The van der Waals surface area contributed by atoms with Crippen molar-refractivity contribution in [3.63, 3.8) is 0 Å². The summed E-state index contributed by atoms with van der Waals surface area (Å²) in [5.41, 5.74) is 11.8. The van der Waals surface area contributed by atoms with Crippen molar-refractivity contribution in [2.45, 2.75) is 9.79 Å². The molecular formula is C14H16N2O6S2. The molecule has 0 saturated heterocycles. The molecule has 0 aliphatic heterocycles. The van der Waals surface area contributed by atoms with Gasteiger partial charge in [-0.3, -0.25) is 8.37 Å². The van der Waals surface area contributed by atoms with Gasteiger partial charge in [-0.15, -0.1) is 0 Å². The highest BCUT2D eigenvalue weighted by Gasteiger charge is 2.18. The second kappa shape index (κ2) is 7.18. The maximum atomic E-state index is 11.9. The molecule has 130 valence electrons. The summed E-state index contributed by atoms with van der Waals surface area (Å²) in [5, 5.41) is 0. The minimum atomic E-state index is -4.01. The van der Waals surface area contributed by atoms with Crippen LogP contribution in [0.5, 0.6) is 0 Å². The van der Waals surface area contributed by atoms with Gasteiger partial charge < -0.3 is 11.5 Å². The normalized spacial score (nSPS) is 12.2. The smallest absolute Gasteiger partial charge is 0.297 e. The largest absolute Gasteiger partial charge is 0.399 e. The first-order chi connectivity index (χ1) is 11.2. The molecule has 10 heteroatoms. The molecule has 0 saturated carbocycles. The maximum Gasteiger partial charge on any atom is 0.297 e. The van der Waals surface area contributed by atoms with Gasteiger partial charge in [-0.05, 0) is 48.5 Å². The van der Waals surface area contributed by atoms with E-state index in [0.29, 0.717) is 11.4 Å². The predicted molar refractivity (Wildman–Crippen MR) is 88.0 cm³/mol. The fourth-order valence-electron chi connectivity index (χ4n) is 1.69. The lowest BCUT2D eigenvalue weighted by atomic mass is 10.3. The number of hydrogen-bond acceptors (Lipinski definition) is 8. The molecule has 0 fully saturated rings. The van der Waals surface area contributed by atoms with Crippen LogP contribution in [0, 0.1) is 0 Å². The third-order valence-corrected chi connectivity index (χ3v) is 5.55. The van der Waals surface area contributed by atoms with E-state index in [-0.39, 0.29) is 9.79 Å². The Morgan fingerprint density at radius 1 is 0.625 bits per heavy atom. The van der Waals surface area contributed by atoms with Crippen molar-refractivity contribution >= 4 is 31.6 Å². The Kier molecular flexibility index (Phi) is 5.44. The Hall–Kier alpha value is -2.14.